The first-order valence-corrected chi connectivity index (χ1v) is 8.03. The number of ether oxygens (including phenoxy) is 1. The molecule has 2 unspecified atom stereocenters. The second-order valence-electron chi connectivity index (χ2n) is 6.89. The van der Waals surface area contributed by atoms with E-state index in [1.54, 1.807) is 0 Å². The molecule has 0 aromatic heterocycles. The number of carbonyl (C=O) groups is 2. The molecule has 0 saturated carbocycles. The number of esters is 1. The fraction of sp³-hybridized carbons (Fsp3) is 0.875. The molecular weight excluding hydrogens is 286 g/mol. The molecule has 2 atom stereocenters. The Morgan fingerprint density at radius 1 is 1.09 bits per heavy atom. The van der Waals surface area contributed by atoms with Gasteiger partial charge in [-0.25, -0.2) is 0 Å². The third-order valence-corrected chi connectivity index (χ3v) is 3.24. The van der Waals surface area contributed by atoms with Crippen LogP contribution in [0, 0.1) is 0 Å². The van der Waals surface area contributed by atoms with Crippen molar-refractivity contribution in [3.8, 4) is 0 Å². The molecule has 0 fully saturated rings. The van der Waals surface area contributed by atoms with Crippen LogP contribution in [0.2, 0.25) is 0 Å². The molecular formula is C16H32NO5+. The molecule has 0 saturated heterocycles. The summed E-state index contributed by atoms with van der Waals surface area (Å²) in [6.07, 6.45) is 3.10. The summed E-state index contributed by atoms with van der Waals surface area (Å²) in [6.45, 7) is 2.54. The van der Waals surface area contributed by atoms with Crippen molar-refractivity contribution < 1.29 is 29.0 Å². The maximum Gasteiger partial charge on any atom is 0.308 e. The monoisotopic (exact) mass is 318 g/mol. The van der Waals surface area contributed by atoms with Crippen molar-refractivity contribution >= 4 is 11.9 Å². The number of hydrogen-bond acceptors (Lipinski definition) is 4. The molecule has 0 aliphatic rings. The molecule has 0 spiro atoms. The Bertz CT molecular complexity index is 338. The van der Waals surface area contributed by atoms with Gasteiger partial charge in [-0.15, -0.1) is 0 Å². The summed E-state index contributed by atoms with van der Waals surface area (Å²) in [7, 11) is 5.72. The Morgan fingerprint density at radius 3 is 2.23 bits per heavy atom. The standard InChI is InChI=1S/C16H31NO5/c1-5-6-7-8-9-13(18)10-16(21)22-14(11-15(19)20)12-17(2,3)4/h13-14,18H,5-12H2,1-4H3/p+1. The first-order chi connectivity index (χ1) is 10.1. The van der Waals surface area contributed by atoms with E-state index < -0.39 is 24.1 Å². The van der Waals surface area contributed by atoms with E-state index in [-0.39, 0.29) is 12.8 Å². The second-order valence-corrected chi connectivity index (χ2v) is 6.89. The van der Waals surface area contributed by atoms with Gasteiger partial charge in [0.05, 0.1) is 40.1 Å². The molecule has 0 aliphatic carbocycles. The zero-order valence-corrected chi connectivity index (χ0v) is 14.4. The quantitative estimate of drug-likeness (QED) is 0.326. The van der Waals surface area contributed by atoms with Gasteiger partial charge in [0.2, 0.25) is 0 Å². The van der Waals surface area contributed by atoms with E-state index in [4.69, 9.17) is 9.84 Å². The predicted octanol–water partition coefficient (Wildman–Crippen LogP) is 1.80. The minimum atomic E-state index is -0.994. The topological polar surface area (TPSA) is 83.8 Å². The molecule has 22 heavy (non-hydrogen) atoms. The number of nitrogens with zero attached hydrogens (tertiary/aromatic N) is 1. The molecule has 0 aliphatic heterocycles. The first-order valence-electron chi connectivity index (χ1n) is 8.03. The Kier molecular flexibility index (Phi) is 10.0. The van der Waals surface area contributed by atoms with Crippen LogP contribution in [0.1, 0.15) is 51.9 Å². The number of aliphatic carboxylic acids is 1. The van der Waals surface area contributed by atoms with Crippen LogP contribution in [0.5, 0.6) is 0 Å². The maximum atomic E-state index is 11.8. The number of carboxylic acid groups (broad SMARTS) is 1. The number of unbranched alkanes of at least 4 members (excludes halogenated alkanes) is 3. The molecule has 0 heterocycles. The van der Waals surface area contributed by atoms with E-state index in [9.17, 15) is 14.7 Å². The van der Waals surface area contributed by atoms with Crippen LogP contribution < -0.4 is 0 Å². The largest absolute Gasteiger partial charge is 0.481 e. The van der Waals surface area contributed by atoms with Gasteiger partial charge in [0.15, 0.2) is 6.10 Å². The lowest BCUT2D eigenvalue weighted by atomic mass is 10.1. The van der Waals surface area contributed by atoms with E-state index >= 15 is 0 Å². The fourth-order valence-electron chi connectivity index (χ4n) is 2.28. The van der Waals surface area contributed by atoms with Gasteiger partial charge >= 0.3 is 11.9 Å². The van der Waals surface area contributed by atoms with Crippen molar-refractivity contribution in [2.45, 2.75) is 64.1 Å². The zero-order chi connectivity index (χ0) is 17.2. The highest BCUT2D eigenvalue weighted by molar-refractivity contribution is 5.71. The van der Waals surface area contributed by atoms with Gasteiger partial charge in [-0.05, 0) is 6.42 Å². The maximum absolute atomic E-state index is 11.8. The summed E-state index contributed by atoms with van der Waals surface area (Å²) in [4.78, 5) is 22.7. The van der Waals surface area contributed by atoms with E-state index in [2.05, 4.69) is 6.92 Å². The third kappa shape index (κ3) is 12.6. The highest BCUT2D eigenvalue weighted by atomic mass is 16.5. The van der Waals surface area contributed by atoms with Crippen molar-refractivity contribution in [2.75, 3.05) is 27.7 Å². The number of carbonyl (C=O) groups excluding carboxylic acids is 1. The van der Waals surface area contributed by atoms with Crippen LogP contribution >= 0.6 is 0 Å². The van der Waals surface area contributed by atoms with Gasteiger partial charge in [-0.2, -0.15) is 0 Å². The zero-order valence-electron chi connectivity index (χ0n) is 14.4. The van der Waals surface area contributed by atoms with Crippen LogP contribution in [0.25, 0.3) is 0 Å². The summed E-state index contributed by atoms with van der Waals surface area (Å²) >= 11 is 0. The highest BCUT2D eigenvalue weighted by Crippen LogP contribution is 2.11. The molecule has 0 rings (SSSR count). The number of carboxylic acids is 1. The molecule has 0 radical (unpaired) electrons. The lowest BCUT2D eigenvalue weighted by molar-refractivity contribution is -0.873. The molecule has 0 aromatic carbocycles. The Balaban J connectivity index is 4.23. The summed E-state index contributed by atoms with van der Waals surface area (Å²) in [5.41, 5.74) is 0. The molecule has 130 valence electrons. The summed E-state index contributed by atoms with van der Waals surface area (Å²) in [5.74, 6) is -1.52. The van der Waals surface area contributed by atoms with E-state index in [0.29, 0.717) is 17.4 Å². The number of hydrogen-bond donors (Lipinski definition) is 2. The Hall–Kier alpha value is -1.14. The number of quaternary nitrogens is 1. The summed E-state index contributed by atoms with van der Waals surface area (Å²) < 4.78 is 5.74. The van der Waals surface area contributed by atoms with Crippen LogP contribution in [0.4, 0.5) is 0 Å². The van der Waals surface area contributed by atoms with Gasteiger partial charge < -0.3 is 19.4 Å². The SMILES string of the molecule is CCCCCCC(O)CC(=O)OC(CC(=O)O)C[N+](C)(C)C. The molecule has 0 amide bonds. The lowest BCUT2D eigenvalue weighted by Crippen LogP contribution is -2.44. The Morgan fingerprint density at radius 2 is 1.73 bits per heavy atom. The average molecular weight is 318 g/mol. The number of likely N-dealkylation sites (N-methyl/N-ethyl adjacent to an activating group) is 1. The van der Waals surface area contributed by atoms with Gasteiger partial charge in [0.1, 0.15) is 6.54 Å². The van der Waals surface area contributed by atoms with Gasteiger partial charge in [0, 0.05) is 0 Å². The van der Waals surface area contributed by atoms with Crippen molar-refractivity contribution in [3.05, 3.63) is 0 Å². The fourth-order valence-corrected chi connectivity index (χ4v) is 2.28. The minimum Gasteiger partial charge on any atom is -0.481 e. The van der Waals surface area contributed by atoms with E-state index in [0.717, 1.165) is 25.7 Å². The predicted molar refractivity (Wildman–Crippen MR) is 84.4 cm³/mol. The van der Waals surface area contributed by atoms with Crippen molar-refractivity contribution in [3.63, 3.8) is 0 Å². The van der Waals surface area contributed by atoms with Crippen LogP contribution in [-0.4, -0.2) is 66.5 Å². The second kappa shape index (κ2) is 10.6. The molecule has 6 heteroatoms. The Labute approximate surface area is 133 Å². The third-order valence-electron chi connectivity index (χ3n) is 3.24. The summed E-state index contributed by atoms with van der Waals surface area (Å²) in [5, 5.41) is 18.7. The van der Waals surface area contributed by atoms with E-state index in [1.807, 2.05) is 21.1 Å². The average Bonchev–Trinajstić information content (AvgIpc) is 2.31. The van der Waals surface area contributed by atoms with Crippen molar-refractivity contribution in [2.24, 2.45) is 0 Å². The number of rotatable bonds is 12. The van der Waals surface area contributed by atoms with Gasteiger partial charge in [0.25, 0.3) is 0 Å². The highest BCUT2D eigenvalue weighted by Gasteiger charge is 2.25. The van der Waals surface area contributed by atoms with Crippen LogP contribution in [0.3, 0.4) is 0 Å². The van der Waals surface area contributed by atoms with Gasteiger partial charge in [-0.3, -0.25) is 9.59 Å². The molecule has 0 aromatic rings. The van der Waals surface area contributed by atoms with E-state index in [1.165, 1.54) is 0 Å². The number of aliphatic hydroxyl groups is 1. The molecule has 0 bridgehead atoms. The summed E-state index contributed by atoms with van der Waals surface area (Å²) in [6, 6.07) is 0. The normalized spacial score (nSPS) is 14.4. The van der Waals surface area contributed by atoms with Crippen molar-refractivity contribution in [1.29, 1.82) is 0 Å². The first kappa shape index (κ1) is 20.9. The molecule has 6 nitrogen and oxygen atoms in total. The number of aliphatic hydroxyl groups excluding tert-OH is 1. The van der Waals surface area contributed by atoms with Crippen molar-refractivity contribution in [1.82, 2.24) is 0 Å². The van der Waals surface area contributed by atoms with Crippen LogP contribution in [-0.2, 0) is 14.3 Å². The smallest absolute Gasteiger partial charge is 0.308 e. The minimum absolute atomic E-state index is 0.0701. The van der Waals surface area contributed by atoms with Crippen LogP contribution in [0.15, 0.2) is 0 Å². The van der Waals surface area contributed by atoms with Gasteiger partial charge in [-0.1, -0.05) is 32.6 Å². The molecule has 2 N–H and O–H groups in total. The lowest BCUT2D eigenvalue weighted by Gasteiger charge is -2.28.